The van der Waals surface area contributed by atoms with Gasteiger partial charge < -0.3 is 4.90 Å². The van der Waals surface area contributed by atoms with Gasteiger partial charge in [-0.05, 0) is 109 Å². The van der Waals surface area contributed by atoms with Gasteiger partial charge in [-0.25, -0.2) is 0 Å². The second kappa shape index (κ2) is 11.3. The van der Waals surface area contributed by atoms with Crippen molar-refractivity contribution in [2.75, 3.05) is 4.90 Å². The highest BCUT2D eigenvalue weighted by molar-refractivity contribution is 5.98. The zero-order valence-electron chi connectivity index (χ0n) is 27.5. The molecule has 10 rings (SSSR count). The van der Waals surface area contributed by atoms with E-state index >= 15 is 0 Å². The Bertz CT molecular complexity index is 2460. The molecule has 234 valence electrons. The van der Waals surface area contributed by atoms with Crippen LogP contribution in [-0.2, 0) is 5.41 Å². The molecule has 8 aromatic rings. The van der Waals surface area contributed by atoms with Crippen molar-refractivity contribution in [1.29, 1.82) is 0 Å². The summed E-state index contributed by atoms with van der Waals surface area (Å²) in [5.41, 5.74) is 18.4. The molecule has 1 nitrogen and oxygen atoms in total. The number of rotatable bonds is 4. The minimum absolute atomic E-state index is 0.462. The van der Waals surface area contributed by atoms with E-state index < -0.39 is 5.41 Å². The number of fused-ring (bicyclic) bond motifs is 12. The Morgan fingerprint density at radius 1 is 0.260 bits per heavy atom. The lowest BCUT2D eigenvalue weighted by Crippen LogP contribution is -2.29. The minimum atomic E-state index is -0.462. The van der Waals surface area contributed by atoms with Crippen LogP contribution < -0.4 is 4.90 Å². The largest absolute Gasteiger partial charge is 0.310 e. The molecular formula is C49H33N. The van der Waals surface area contributed by atoms with E-state index in [4.69, 9.17) is 0 Å². The van der Waals surface area contributed by atoms with E-state index in [9.17, 15) is 0 Å². The van der Waals surface area contributed by atoms with Crippen LogP contribution in [0, 0.1) is 0 Å². The Morgan fingerprint density at radius 3 is 1.22 bits per heavy atom. The van der Waals surface area contributed by atoms with E-state index in [2.05, 4.69) is 205 Å². The number of hydrogen-bond acceptors (Lipinski definition) is 1. The van der Waals surface area contributed by atoms with Gasteiger partial charge in [0.15, 0.2) is 0 Å². The lowest BCUT2D eigenvalue weighted by atomic mass is 9.65. The Morgan fingerprint density at radius 2 is 0.660 bits per heavy atom. The summed E-state index contributed by atoms with van der Waals surface area (Å²) < 4.78 is 0. The summed E-state index contributed by atoms with van der Waals surface area (Å²) in [6, 6.07) is 73.5. The molecule has 0 fully saturated rings. The molecule has 0 aliphatic heterocycles. The smallest absolute Gasteiger partial charge is 0.0725 e. The Hall–Kier alpha value is -6.44. The first-order valence-corrected chi connectivity index (χ1v) is 17.4. The first-order valence-electron chi connectivity index (χ1n) is 17.4. The Balaban J connectivity index is 1.23. The van der Waals surface area contributed by atoms with Crippen molar-refractivity contribution in [1.82, 2.24) is 0 Å². The molecule has 0 radical (unpaired) electrons. The van der Waals surface area contributed by atoms with Crippen molar-refractivity contribution < 1.29 is 0 Å². The van der Waals surface area contributed by atoms with Gasteiger partial charge in [-0.2, -0.15) is 0 Å². The molecule has 0 unspecified atom stereocenters. The van der Waals surface area contributed by atoms with Crippen LogP contribution in [-0.4, -0.2) is 0 Å². The Kier molecular flexibility index (Phi) is 6.47. The predicted octanol–water partition coefficient (Wildman–Crippen LogP) is 12.8. The van der Waals surface area contributed by atoms with Crippen molar-refractivity contribution in [3.63, 3.8) is 0 Å². The average Bonchev–Trinajstić information content (AvgIpc) is 3.44. The summed E-state index contributed by atoms with van der Waals surface area (Å²) in [6.45, 7) is 0. The number of nitrogens with zero attached hydrogens (tertiary/aromatic N) is 1. The summed E-state index contributed by atoms with van der Waals surface area (Å²) in [7, 11) is 0. The number of hydrogen-bond donors (Lipinski definition) is 0. The summed E-state index contributed by atoms with van der Waals surface area (Å²) in [4.78, 5) is 2.33. The zero-order chi connectivity index (χ0) is 33.1. The molecule has 0 saturated heterocycles. The second-order valence-electron chi connectivity index (χ2n) is 13.2. The van der Waals surface area contributed by atoms with Gasteiger partial charge in [-0.1, -0.05) is 158 Å². The fraction of sp³-hybridized carbons (Fsp3) is 0.0204. The zero-order valence-corrected chi connectivity index (χ0v) is 27.5. The van der Waals surface area contributed by atoms with Crippen LogP contribution in [0.1, 0.15) is 22.3 Å². The van der Waals surface area contributed by atoms with Gasteiger partial charge in [-0.3, -0.25) is 0 Å². The number of anilines is 3. The van der Waals surface area contributed by atoms with Crippen molar-refractivity contribution >= 4 is 17.1 Å². The van der Waals surface area contributed by atoms with E-state index in [0.717, 1.165) is 17.1 Å². The van der Waals surface area contributed by atoms with Crippen molar-refractivity contribution in [2.45, 2.75) is 5.41 Å². The fourth-order valence-electron chi connectivity index (χ4n) is 8.66. The summed E-state index contributed by atoms with van der Waals surface area (Å²) in [6.07, 6.45) is 0. The normalized spacial score (nSPS) is 13.0. The Labute approximate surface area is 293 Å². The quantitative estimate of drug-likeness (QED) is 0.186. The van der Waals surface area contributed by atoms with Gasteiger partial charge in [0.25, 0.3) is 0 Å². The van der Waals surface area contributed by atoms with Crippen LogP contribution in [0.2, 0.25) is 0 Å². The molecule has 1 spiro atoms. The van der Waals surface area contributed by atoms with E-state index in [1.54, 1.807) is 0 Å². The molecular weight excluding hydrogens is 603 g/mol. The summed E-state index contributed by atoms with van der Waals surface area (Å²) in [5.74, 6) is 0. The SMILES string of the molecule is c1ccc(N(c2ccccc2)c2cccc(-c3ccc4c(c3)-c3ccccc3-c3ccccc3C43c4ccccc4-c4ccccc43)c2)cc1. The molecule has 0 bridgehead atoms. The van der Waals surface area contributed by atoms with E-state index in [1.807, 2.05) is 0 Å². The molecule has 0 amide bonds. The van der Waals surface area contributed by atoms with Crippen molar-refractivity contribution in [3.05, 3.63) is 222 Å². The van der Waals surface area contributed by atoms with Crippen LogP contribution in [0.25, 0.3) is 44.5 Å². The van der Waals surface area contributed by atoms with Crippen LogP contribution in [0.3, 0.4) is 0 Å². The summed E-state index contributed by atoms with van der Waals surface area (Å²) >= 11 is 0. The molecule has 0 heterocycles. The number of benzene rings is 8. The van der Waals surface area contributed by atoms with Crippen LogP contribution in [0.15, 0.2) is 200 Å². The highest BCUT2D eigenvalue weighted by Crippen LogP contribution is 2.61. The molecule has 2 aliphatic rings. The van der Waals surface area contributed by atoms with Gasteiger partial charge in [0.2, 0.25) is 0 Å². The molecule has 0 aromatic heterocycles. The van der Waals surface area contributed by atoms with Crippen LogP contribution in [0.4, 0.5) is 17.1 Å². The first kappa shape index (κ1) is 28.6. The topological polar surface area (TPSA) is 3.24 Å². The standard InChI is InChI=1S/C49H33N/c1-3-17-36(18-4-1)50(37-19-5-2-6-20-37)38-21-15-16-34(32-38)35-30-31-48-44(33-35)40-23-8-7-22-39(40)41-24-9-12-27-45(41)49(48)46-28-13-10-25-42(46)43-26-11-14-29-47(43)49/h1-33H. The van der Waals surface area contributed by atoms with Crippen LogP contribution >= 0.6 is 0 Å². The number of para-hydroxylation sites is 2. The maximum Gasteiger partial charge on any atom is 0.0725 e. The molecule has 0 N–H and O–H groups in total. The minimum Gasteiger partial charge on any atom is -0.310 e. The molecule has 0 atom stereocenters. The lowest BCUT2D eigenvalue weighted by molar-refractivity contribution is 0.775. The third kappa shape index (κ3) is 4.14. The molecule has 8 aromatic carbocycles. The molecule has 2 aliphatic carbocycles. The van der Waals surface area contributed by atoms with E-state index in [-0.39, 0.29) is 0 Å². The van der Waals surface area contributed by atoms with Gasteiger partial charge >= 0.3 is 0 Å². The second-order valence-corrected chi connectivity index (χ2v) is 13.2. The molecule has 50 heavy (non-hydrogen) atoms. The van der Waals surface area contributed by atoms with Crippen molar-refractivity contribution in [3.8, 4) is 44.5 Å². The monoisotopic (exact) mass is 635 g/mol. The van der Waals surface area contributed by atoms with Gasteiger partial charge in [0.05, 0.1) is 5.41 Å². The third-order valence-corrected chi connectivity index (χ3v) is 10.7. The highest BCUT2D eigenvalue weighted by Gasteiger charge is 2.49. The van der Waals surface area contributed by atoms with Gasteiger partial charge in [0.1, 0.15) is 0 Å². The van der Waals surface area contributed by atoms with Crippen LogP contribution in [0.5, 0.6) is 0 Å². The van der Waals surface area contributed by atoms with E-state index in [1.165, 1.54) is 66.8 Å². The fourth-order valence-corrected chi connectivity index (χ4v) is 8.66. The average molecular weight is 636 g/mol. The maximum absolute atomic E-state index is 2.44. The summed E-state index contributed by atoms with van der Waals surface area (Å²) in [5, 5.41) is 0. The molecule has 1 heteroatoms. The highest BCUT2D eigenvalue weighted by atomic mass is 15.1. The van der Waals surface area contributed by atoms with Crippen molar-refractivity contribution in [2.24, 2.45) is 0 Å². The van der Waals surface area contributed by atoms with E-state index in [0.29, 0.717) is 0 Å². The predicted molar refractivity (Wildman–Crippen MR) is 208 cm³/mol. The maximum atomic E-state index is 2.44. The first-order chi connectivity index (χ1) is 24.8. The third-order valence-electron chi connectivity index (χ3n) is 10.7. The molecule has 0 saturated carbocycles. The lowest BCUT2D eigenvalue weighted by Gasteiger charge is -2.35. The van der Waals surface area contributed by atoms with Gasteiger partial charge in [-0.15, -0.1) is 0 Å². The van der Waals surface area contributed by atoms with Gasteiger partial charge in [0, 0.05) is 17.1 Å².